The van der Waals surface area contributed by atoms with Crippen LogP contribution in [-0.4, -0.2) is 56.1 Å². The number of carbonyl (C=O) groups excluding carboxylic acids is 1. The van der Waals surface area contributed by atoms with E-state index in [9.17, 15) is 4.79 Å². The van der Waals surface area contributed by atoms with Gasteiger partial charge in [-0.2, -0.15) is 0 Å². The van der Waals surface area contributed by atoms with Crippen molar-refractivity contribution in [3.05, 3.63) is 29.0 Å². The molecule has 4 rings (SSSR count). The number of anilines is 1. The molecule has 2 aromatic heterocycles. The summed E-state index contributed by atoms with van der Waals surface area (Å²) in [5.74, 6) is 1.79. The monoisotopic (exact) mass is 386 g/mol. The molecular weight excluding hydrogens is 364 g/mol. The van der Waals surface area contributed by atoms with Gasteiger partial charge in [-0.25, -0.2) is 9.38 Å². The maximum atomic E-state index is 12.4. The standard InChI is InChI=1S/C19H23ClN6O/c1-11(2)18(27)25-8-7-24(10-12(25)3)19-21-16-9-14(20)5-6-15(16)17-23-22-13(4)26(17)19/h5-6,9,11-12H,7-8,10H2,1-4H3. The second-order valence-electron chi connectivity index (χ2n) is 7.46. The van der Waals surface area contributed by atoms with E-state index in [-0.39, 0.29) is 17.9 Å². The summed E-state index contributed by atoms with van der Waals surface area (Å²) < 4.78 is 1.99. The number of fused-ring (bicyclic) bond motifs is 3. The smallest absolute Gasteiger partial charge is 0.225 e. The number of aryl methyl sites for hydroxylation is 1. The van der Waals surface area contributed by atoms with Crippen molar-refractivity contribution >= 4 is 40.0 Å². The Balaban J connectivity index is 1.77. The van der Waals surface area contributed by atoms with Crippen LogP contribution < -0.4 is 4.90 Å². The molecule has 0 N–H and O–H groups in total. The minimum atomic E-state index is 0.00624. The van der Waals surface area contributed by atoms with Crippen LogP contribution in [0.3, 0.4) is 0 Å². The third kappa shape index (κ3) is 3.00. The highest BCUT2D eigenvalue weighted by atomic mass is 35.5. The normalized spacial score (nSPS) is 18.1. The Morgan fingerprint density at radius 2 is 2.04 bits per heavy atom. The van der Waals surface area contributed by atoms with E-state index in [2.05, 4.69) is 22.0 Å². The molecule has 3 aromatic rings. The van der Waals surface area contributed by atoms with E-state index in [0.29, 0.717) is 24.7 Å². The summed E-state index contributed by atoms with van der Waals surface area (Å²) in [4.78, 5) is 21.5. The van der Waals surface area contributed by atoms with E-state index in [1.807, 2.05) is 48.3 Å². The molecule has 1 unspecified atom stereocenters. The fourth-order valence-electron chi connectivity index (χ4n) is 3.73. The summed E-state index contributed by atoms with van der Waals surface area (Å²) in [5, 5.41) is 10.2. The lowest BCUT2D eigenvalue weighted by molar-refractivity contribution is -0.136. The minimum Gasteiger partial charge on any atom is -0.338 e. The van der Waals surface area contributed by atoms with Crippen LogP contribution >= 0.6 is 11.6 Å². The third-order valence-electron chi connectivity index (χ3n) is 5.13. The molecule has 1 saturated heterocycles. The summed E-state index contributed by atoms with van der Waals surface area (Å²) >= 11 is 6.18. The molecular formula is C19H23ClN6O. The molecule has 7 nitrogen and oxygen atoms in total. The van der Waals surface area contributed by atoms with Crippen LogP contribution in [0.1, 0.15) is 26.6 Å². The molecule has 3 heterocycles. The van der Waals surface area contributed by atoms with Crippen LogP contribution in [0.25, 0.3) is 16.6 Å². The molecule has 1 aliphatic rings. The van der Waals surface area contributed by atoms with E-state index in [0.717, 1.165) is 28.3 Å². The van der Waals surface area contributed by atoms with E-state index in [4.69, 9.17) is 16.6 Å². The van der Waals surface area contributed by atoms with Crippen molar-refractivity contribution < 1.29 is 4.79 Å². The van der Waals surface area contributed by atoms with Gasteiger partial charge in [-0.1, -0.05) is 25.4 Å². The summed E-state index contributed by atoms with van der Waals surface area (Å²) in [6, 6.07) is 5.73. The summed E-state index contributed by atoms with van der Waals surface area (Å²) in [6.45, 7) is 10.0. The second kappa shape index (κ2) is 6.64. The molecule has 8 heteroatoms. The number of benzene rings is 1. The molecule has 0 spiro atoms. The average Bonchev–Trinajstić information content (AvgIpc) is 3.02. The van der Waals surface area contributed by atoms with Crippen molar-refractivity contribution in [2.75, 3.05) is 24.5 Å². The van der Waals surface area contributed by atoms with Crippen molar-refractivity contribution in [2.45, 2.75) is 33.7 Å². The topological polar surface area (TPSA) is 66.6 Å². The minimum absolute atomic E-state index is 0.00624. The number of carbonyl (C=O) groups is 1. The lowest BCUT2D eigenvalue weighted by atomic mass is 10.1. The van der Waals surface area contributed by atoms with Gasteiger partial charge >= 0.3 is 0 Å². The van der Waals surface area contributed by atoms with Gasteiger partial charge in [-0.05, 0) is 32.0 Å². The number of hydrogen-bond donors (Lipinski definition) is 0. The number of amides is 1. The fraction of sp³-hybridized carbons (Fsp3) is 0.474. The summed E-state index contributed by atoms with van der Waals surface area (Å²) in [6.07, 6.45) is 0. The number of nitrogens with zero attached hydrogens (tertiary/aromatic N) is 6. The molecule has 27 heavy (non-hydrogen) atoms. The van der Waals surface area contributed by atoms with Crippen LogP contribution in [0.2, 0.25) is 5.02 Å². The lowest BCUT2D eigenvalue weighted by Gasteiger charge is -2.41. The Morgan fingerprint density at radius 3 is 2.74 bits per heavy atom. The van der Waals surface area contributed by atoms with E-state index < -0.39 is 0 Å². The number of rotatable bonds is 2. The van der Waals surface area contributed by atoms with Gasteiger partial charge in [-0.15, -0.1) is 10.2 Å². The van der Waals surface area contributed by atoms with Crippen LogP contribution in [0.15, 0.2) is 18.2 Å². The molecule has 1 aliphatic heterocycles. The van der Waals surface area contributed by atoms with E-state index in [1.165, 1.54) is 0 Å². The van der Waals surface area contributed by atoms with Crippen LogP contribution in [0.4, 0.5) is 5.95 Å². The zero-order valence-electron chi connectivity index (χ0n) is 16.0. The highest BCUT2D eigenvalue weighted by molar-refractivity contribution is 6.31. The Kier molecular flexibility index (Phi) is 4.42. The maximum absolute atomic E-state index is 12.4. The van der Waals surface area contributed by atoms with Gasteiger partial charge in [-0.3, -0.25) is 4.79 Å². The highest BCUT2D eigenvalue weighted by Gasteiger charge is 2.30. The van der Waals surface area contributed by atoms with Crippen LogP contribution in [0, 0.1) is 12.8 Å². The lowest BCUT2D eigenvalue weighted by Crippen LogP contribution is -2.55. The predicted molar refractivity (Wildman–Crippen MR) is 106 cm³/mol. The molecule has 0 radical (unpaired) electrons. The zero-order chi connectivity index (χ0) is 19.3. The summed E-state index contributed by atoms with van der Waals surface area (Å²) in [5.41, 5.74) is 1.57. The Labute approximate surface area is 162 Å². The van der Waals surface area contributed by atoms with Gasteiger partial charge in [0.1, 0.15) is 5.82 Å². The highest BCUT2D eigenvalue weighted by Crippen LogP contribution is 2.27. The second-order valence-corrected chi connectivity index (χ2v) is 7.90. The van der Waals surface area contributed by atoms with Gasteiger partial charge in [0, 0.05) is 42.0 Å². The SMILES string of the molecule is Cc1nnc2c3ccc(Cl)cc3nc(N3CCN(C(=O)C(C)C)C(C)C3)n12. The van der Waals surface area contributed by atoms with Crippen molar-refractivity contribution in [3.8, 4) is 0 Å². The molecule has 0 saturated carbocycles. The van der Waals surface area contributed by atoms with Crippen LogP contribution in [0.5, 0.6) is 0 Å². The molecule has 0 bridgehead atoms. The van der Waals surface area contributed by atoms with Crippen molar-refractivity contribution in [1.82, 2.24) is 24.5 Å². The summed E-state index contributed by atoms with van der Waals surface area (Å²) in [7, 11) is 0. The first-order valence-corrected chi connectivity index (χ1v) is 9.61. The molecule has 1 aromatic carbocycles. The molecule has 0 aliphatic carbocycles. The quantitative estimate of drug-likeness (QED) is 0.677. The first kappa shape index (κ1) is 18.0. The predicted octanol–water partition coefficient (Wildman–Crippen LogP) is 2.93. The van der Waals surface area contributed by atoms with Gasteiger partial charge in [0.05, 0.1) is 5.52 Å². The molecule has 142 valence electrons. The fourth-order valence-corrected chi connectivity index (χ4v) is 3.90. The van der Waals surface area contributed by atoms with Gasteiger partial charge in [0.15, 0.2) is 5.65 Å². The molecule has 1 amide bonds. The Bertz CT molecular complexity index is 1030. The van der Waals surface area contributed by atoms with Crippen molar-refractivity contribution in [1.29, 1.82) is 0 Å². The first-order chi connectivity index (χ1) is 12.9. The molecule has 1 fully saturated rings. The zero-order valence-corrected chi connectivity index (χ0v) is 16.7. The number of aromatic nitrogens is 4. The number of hydrogen-bond acceptors (Lipinski definition) is 5. The average molecular weight is 387 g/mol. The third-order valence-corrected chi connectivity index (χ3v) is 5.37. The van der Waals surface area contributed by atoms with Crippen molar-refractivity contribution in [3.63, 3.8) is 0 Å². The Morgan fingerprint density at radius 1 is 1.26 bits per heavy atom. The van der Waals surface area contributed by atoms with E-state index >= 15 is 0 Å². The maximum Gasteiger partial charge on any atom is 0.225 e. The molecule has 1 atom stereocenters. The number of halogens is 1. The van der Waals surface area contributed by atoms with Gasteiger partial charge < -0.3 is 9.80 Å². The largest absolute Gasteiger partial charge is 0.338 e. The van der Waals surface area contributed by atoms with E-state index in [1.54, 1.807) is 0 Å². The van der Waals surface area contributed by atoms with Crippen molar-refractivity contribution in [2.24, 2.45) is 5.92 Å². The Hall–Kier alpha value is -2.41. The number of piperazine rings is 1. The van der Waals surface area contributed by atoms with Crippen LogP contribution in [-0.2, 0) is 4.79 Å². The van der Waals surface area contributed by atoms with Gasteiger partial charge in [0.2, 0.25) is 11.9 Å². The first-order valence-electron chi connectivity index (χ1n) is 9.23. The van der Waals surface area contributed by atoms with Gasteiger partial charge in [0.25, 0.3) is 0 Å².